The molecule has 2 N–H and O–H groups in total. The maximum absolute atomic E-state index is 12.6. The molecule has 0 bridgehead atoms. The summed E-state index contributed by atoms with van der Waals surface area (Å²) in [4.78, 5) is 12.3. The van der Waals surface area contributed by atoms with E-state index in [0.29, 0.717) is 11.3 Å². The number of hydrogen-bond donors (Lipinski definition) is 2. The Kier molecular flexibility index (Phi) is 5.71. The number of anilines is 1. The van der Waals surface area contributed by atoms with Gasteiger partial charge < -0.3 is 5.32 Å². The molecule has 0 radical (unpaired) electrons. The molecule has 0 aliphatic carbocycles. The standard InChI is InChI=1S/C21H28N2O3S/c1-20(2,3)16-9-11-17(12-10-16)23-27(25,26)18-13-7-15(8-14-18)19(24)22-21(4,5)6/h7-14,23H,1-6H3,(H,22,24). The van der Waals surface area contributed by atoms with E-state index in [2.05, 4.69) is 30.8 Å². The Morgan fingerprint density at radius 1 is 0.815 bits per heavy atom. The van der Waals surface area contributed by atoms with E-state index in [9.17, 15) is 13.2 Å². The van der Waals surface area contributed by atoms with Gasteiger partial charge in [-0.05, 0) is 68.1 Å². The van der Waals surface area contributed by atoms with Crippen LogP contribution in [0.4, 0.5) is 5.69 Å². The van der Waals surface area contributed by atoms with Crippen molar-refractivity contribution in [3.63, 3.8) is 0 Å². The fourth-order valence-electron chi connectivity index (χ4n) is 2.45. The molecule has 0 atom stereocenters. The predicted octanol–water partition coefficient (Wildman–Crippen LogP) is 4.31. The third-order valence-electron chi connectivity index (χ3n) is 3.92. The van der Waals surface area contributed by atoms with Crippen LogP contribution in [0, 0.1) is 0 Å². The normalized spacial score (nSPS) is 12.5. The Hall–Kier alpha value is -2.34. The van der Waals surface area contributed by atoms with Crippen molar-refractivity contribution in [2.45, 2.75) is 57.4 Å². The molecule has 2 aromatic carbocycles. The van der Waals surface area contributed by atoms with E-state index in [1.807, 2.05) is 32.9 Å². The van der Waals surface area contributed by atoms with Gasteiger partial charge >= 0.3 is 0 Å². The summed E-state index contributed by atoms with van der Waals surface area (Å²) in [5, 5.41) is 2.85. The molecule has 27 heavy (non-hydrogen) atoms. The topological polar surface area (TPSA) is 75.3 Å². The molecule has 0 unspecified atom stereocenters. The first-order chi connectivity index (χ1) is 12.3. The number of amides is 1. The fraction of sp³-hybridized carbons (Fsp3) is 0.381. The van der Waals surface area contributed by atoms with Crippen molar-refractivity contribution in [2.75, 3.05) is 4.72 Å². The Labute approximate surface area is 162 Å². The molecule has 0 aromatic heterocycles. The third-order valence-corrected chi connectivity index (χ3v) is 5.32. The summed E-state index contributed by atoms with van der Waals surface area (Å²) in [6.45, 7) is 12.0. The van der Waals surface area contributed by atoms with Crippen LogP contribution in [-0.4, -0.2) is 19.9 Å². The van der Waals surface area contributed by atoms with E-state index < -0.39 is 10.0 Å². The smallest absolute Gasteiger partial charge is 0.261 e. The number of carbonyl (C=O) groups excluding carboxylic acids is 1. The predicted molar refractivity (Wildman–Crippen MR) is 110 cm³/mol. The second-order valence-corrected chi connectivity index (χ2v) is 10.3. The van der Waals surface area contributed by atoms with Gasteiger partial charge in [-0.2, -0.15) is 0 Å². The highest BCUT2D eigenvalue weighted by Crippen LogP contribution is 2.24. The Morgan fingerprint density at radius 2 is 1.33 bits per heavy atom. The quantitative estimate of drug-likeness (QED) is 0.819. The third kappa shape index (κ3) is 5.82. The first-order valence-corrected chi connectivity index (χ1v) is 10.3. The molecule has 0 aliphatic rings. The zero-order chi connectivity index (χ0) is 20.5. The van der Waals surface area contributed by atoms with Crippen LogP contribution in [0.5, 0.6) is 0 Å². The summed E-state index contributed by atoms with van der Waals surface area (Å²) < 4.78 is 27.7. The van der Waals surface area contributed by atoms with Crippen LogP contribution in [0.25, 0.3) is 0 Å². The van der Waals surface area contributed by atoms with Crippen LogP contribution in [0.1, 0.15) is 57.5 Å². The van der Waals surface area contributed by atoms with Gasteiger partial charge in [0.2, 0.25) is 0 Å². The van der Waals surface area contributed by atoms with Crippen LogP contribution < -0.4 is 10.0 Å². The first kappa shape index (κ1) is 21.0. The zero-order valence-corrected chi connectivity index (χ0v) is 17.6. The molecule has 0 heterocycles. The van der Waals surface area contributed by atoms with Gasteiger partial charge in [-0.1, -0.05) is 32.9 Å². The maximum Gasteiger partial charge on any atom is 0.261 e. The minimum Gasteiger partial charge on any atom is -0.347 e. The maximum atomic E-state index is 12.6. The number of sulfonamides is 1. The number of nitrogens with one attached hydrogen (secondary N) is 2. The lowest BCUT2D eigenvalue weighted by Crippen LogP contribution is -2.40. The van der Waals surface area contributed by atoms with Crippen molar-refractivity contribution < 1.29 is 13.2 Å². The molecule has 6 heteroatoms. The van der Waals surface area contributed by atoms with Crippen molar-refractivity contribution in [3.8, 4) is 0 Å². The molecule has 5 nitrogen and oxygen atoms in total. The van der Waals surface area contributed by atoms with Gasteiger partial charge in [-0.15, -0.1) is 0 Å². The van der Waals surface area contributed by atoms with Gasteiger partial charge in [-0.25, -0.2) is 8.42 Å². The van der Waals surface area contributed by atoms with Gasteiger partial charge in [0, 0.05) is 16.8 Å². The van der Waals surface area contributed by atoms with Crippen molar-refractivity contribution >= 4 is 21.6 Å². The first-order valence-electron chi connectivity index (χ1n) is 8.84. The van der Waals surface area contributed by atoms with Crippen molar-refractivity contribution in [1.82, 2.24) is 5.32 Å². The summed E-state index contributed by atoms with van der Waals surface area (Å²) in [5.41, 5.74) is 1.68. The van der Waals surface area contributed by atoms with Gasteiger partial charge in [0.25, 0.3) is 15.9 Å². The summed E-state index contributed by atoms with van der Waals surface area (Å²) in [7, 11) is -3.72. The van der Waals surface area contributed by atoms with Gasteiger partial charge in [-0.3, -0.25) is 9.52 Å². The van der Waals surface area contributed by atoms with Crippen LogP contribution in [0.15, 0.2) is 53.4 Å². The summed E-state index contributed by atoms with van der Waals surface area (Å²) >= 11 is 0. The molecular formula is C21H28N2O3S. The highest BCUT2D eigenvalue weighted by atomic mass is 32.2. The van der Waals surface area contributed by atoms with E-state index in [1.54, 1.807) is 12.1 Å². The highest BCUT2D eigenvalue weighted by Gasteiger charge is 2.18. The van der Waals surface area contributed by atoms with E-state index in [0.717, 1.165) is 5.56 Å². The minimum absolute atomic E-state index is 0.000857. The fourth-order valence-corrected chi connectivity index (χ4v) is 3.51. The van der Waals surface area contributed by atoms with Gasteiger partial charge in [0.1, 0.15) is 0 Å². The molecule has 0 saturated heterocycles. The van der Waals surface area contributed by atoms with Gasteiger partial charge in [0.05, 0.1) is 4.90 Å². The number of rotatable bonds is 4. The minimum atomic E-state index is -3.72. The Morgan fingerprint density at radius 3 is 1.78 bits per heavy atom. The monoisotopic (exact) mass is 388 g/mol. The lowest BCUT2D eigenvalue weighted by atomic mass is 9.87. The molecule has 0 spiro atoms. The van der Waals surface area contributed by atoms with Crippen molar-refractivity contribution in [2.24, 2.45) is 0 Å². The molecule has 0 aliphatic heterocycles. The Bertz CT molecular complexity index is 902. The second kappa shape index (κ2) is 7.35. The molecule has 0 saturated carbocycles. The molecule has 1 amide bonds. The van der Waals surface area contributed by atoms with Crippen LogP contribution in [-0.2, 0) is 15.4 Å². The SMILES string of the molecule is CC(C)(C)NC(=O)c1ccc(S(=O)(=O)Nc2ccc(C(C)(C)C)cc2)cc1. The number of benzene rings is 2. The summed E-state index contributed by atoms with van der Waals surface area (Å²) in [5.74, 6) is -0.239. The average Bonchev–Trinajstić information content (AvgIpc) is 2.52. The average molecular weight is 389 g/mol. The van der Waals surface area contributed by atoms with Gasteiger partial charge in [0.15, 0.2) is 0 Å². The van der Waals surface area contributed by atoms with E-state index >= 15 is 0 Å². The molecule has 146 valence electrons. The largest absolute Gasteiger partial charge is 0.347 e. The lowest BCUT2D eigenvalue weighted by Gasteiger charge is -2.20. The van der Waals surface area contributed by atoms with E-state index in [-0.39, 0.29) is 21.8 Å². The summed E-state index contributed by atoms with van der Waals surface area (Å²) in [6, 6.07) is 13.2. The molecule has 2 rings (SSSR count). The lowest BCUT2D eigenvalue weighted by molar-refractivity contribution is 0.0919. The van der Waals surface area contributed by atoms with Crippen molar-refractivity contribution in [1.29, 1.82) is 0 Å². The number of carbonyl (C=O) groups is 1. The molecule has 0 fully saturated rings. The van der Waals surface area contributed by atoms with Crippen molar-refractivity contribution in [3.05, 3.63) is 59.7 Å². The van der Waals surface area contributed by atoms with Crippen LogP contribution in [0.3, 0.4) is 0 Å². The zero-order valence-electron chi connectivity index (χ0n) is 16.8. The van der Waals surface area contributed by atoms with Crippen LogP contribution in [0.2, 0.25) is 0 Å². The molecule has 2 aromatic rings. The van der Waals surface area contributed by atoms with E-state index in [4.69, 9.17) is 0 Å². The Balaban J connectivity index is 2.16. The summed E-state index contributed by atoms with van der Waals surface area (Å²) in [6.07, 6.45) is 0. The highest BCUT2D eigenvalue weighted by molar-refractivity contribution is 7.92. The molecular weight excluding hydrogens is 360 g/mol. The van der Waals surface area contributed by atoms with Crippen LogP contribution >= 0.6 is 0 Å². The number of hydrogen-bond acceptors (Lipinski definition) is 3. The van der Waals surface area contributed by atoms with E-state index in [1.165, 1.54) is 24.3 Å². The second-order valence-electron chi connectivity index (χ2n) is 8.66.